The van der Waals surface area contributed by atoms with Gasteiger partial charge in [-0.15, -0.1) is 23.1 Å². The van der Waals surface area contributed by atoms with E-state index in [1.165, 1.54) is 39.8 Å². The van der Waals surface area contributed by atoms with Gasteiger partial charge in [-0.3, -0.25) is 48.5 Å². The Morgan fingerprint density at radius 1 is 0.923 bits per heavy atom. The van der Waals surface area contributed by atoms with Crippen molar-refractivity contribution in [2.24, 2.45) is 17.6 Å². The summed E-state index contributed by atoms with van der Waals surface area (Å²) in [5.41, 5.74) is 7.41. The smallest absolute Gasteiger partial charge is 0.270 e. The number of alkyl halides is 2. The molecule has 5 fully saturated rings. The van der Waals surface area contributed by atoms with Crippen molar-refractivity contribution in [1.82, 2.24) is 36.0 Å². The van der Waals surface area contributed by atoms with Crippen molar-refractivity contribution in [3.05, 3.63) is 69.6 Å². The van der Waals surface area contributed by atoms with Gasteiger partial charge in [-0.05, 0) is 131 Å². The predicted molar refractivity (Wildman–Crippen MR) is 289 cm³/mol. The Labute approximate surface area is 460 Å². The lowest BCUT2D eigenvalue weighted by Gasteiger charge is -2.38. The lowest BCUT2D eigenvalue weighted by Crippen LogP contribution is -2.62. The summed E-state index contributed by atoms with van der Waals surface area (Å²) in [6, 6.07) is 6.15. The third-order valence-corrected chi connectivity index (χ3v) is 19.1. The number of primary amides is 1. The molecule has 1 aromatic heterocycles. The molecule has 1 unspecified atom stereocenters. The number of benzene rings is 2. The number of halogens is 2. The zero-order valence-electron chi connectivity index (χ0n) is 44.3. The van der Waals surface area contributed by atoms with Crippen molar-refractivity contribution in [2.45, 2.75) is 176 Å². The van der Waals surface area contributed by atoms with Crippen LogP contribution in [0.4, 0.5) is 8.78 Å². The summed E-state index contributed by atoms with van der Waals surface area (Å²) in [7, 11) is 0. The molecule has 6 N–H and O–H groups in total. The number of nitrogens with two attached hydrogens (primary N) is 1. The molecule has 2 aromatic carbocycles. The van der Waals surface area contributed by atoms with E-state index < -0.39 is 81.7 Å². The van der Waals surface area contributed by atoms with Crippen LogP contribution in [0.5, 0.6) is 0 Å². The van der Waals surface area contributed by atoms with E-state index in [1.807, 2.05) is 19.9 Å². The van der Waals surface area contributed by atoms with Crippen molar-refractivity contribution in [2.75, 3.05) is 13.1 Å². The number of likely N-dealkylation sites (tertiary alicyclic amines) is 1. The molecular weight excluding hydrogens is 1040 g/mol. The average molecular weight is 1110 g/mol. The fourth-order valence-electron chi connectivity index (χ4n) is 12.2. The van der Waals surface area contributed by atoms with Crippen LogP contribution in [0.15, 0.2) is 42.5 Å². The van der Waals surface area contributed by atoms with Gasteiger partial charge in [0.05, 0.1) is 10.3 Å². The quantitative estimate of drug-likeness (QED) is 0.0880. The fourth-order valence-corrected chi connectivity index (χ4v) is 14.8. The van der Waals surface area contributed by atoms with E-state index in [9.17, 15) is 51.9 Å². The highest BCUT2D eigenvalue weighted by Crippen LogP contribution is 2.48. The number of hydrogen-bond donors (Lipinski definition) is 5. The van der Waals surface area contributed by atoms with Gasteiger partial charge in [-0.2, -0.15) is 0 Å². The van der Waals surface area contributed by atoms with Crippen LogP contribution < -0.4 is 27.0 Å². The molecule has 1 aliphatic carbocycles. The second kappa shape index (κ2) is 23.5. The highest BCUT2D eigenvalue weighted by Gasteiger charge is 2.55. The number of piperidine rings is 2. The van der Waals surface area contributed by atoms with Crippen LogP contribution >= 0.6 is 23.1 Å². The second-order valence-electron chi connectivity index (χ2n) is 22.3. The van der Waals surface area contributed by atoms with E-state index in [0.717, 1.165) is 80.8 Å². The van der Waals surface area contributed by atoms with Gasteiger partial charge in [-0.25, -0.2) is 8.78 Å². The normalized spacial score (nSPS) is 23.6. The SMILES string of the molecule is CC(F)(F)c1ccc2sc(C(=O)N[C@H]3CCC[C@H]4SC(C)(C)[C@@H](C(=O)N[C@@H](CCC(N)=O)C(=O)N[C@H](C(=O)N5CCC(CCC#Cc6cccc7c6CN(C6CCC(=O)NC6=O)C7=O)CC5)C5CCCCC5)N4C3=O)cc2c1. The first kappa shape index (κ1) is 56.3. The number of thioether (sulfide) groups is 1. The monoisotopic (exact) mass is 1110 g/mol. The number of carbonyl (C=O) groups is 9. The molecule has 78 heavy (non-hydrogen) atoms. The molecule has 1 saturated carbocycles. The number of nitrogens with one attached hydrogen (secondary N) is 4. The van der Waals surface area contributed by atoms with E-state index in [2.05, 4.69) is 33.1 Å². The van der Waals surface area contributed by atoms with Crippen LogP contribution in [0.1, 0.15) is 160 Å². The lowest BCUT2D eigenvalue weighted by atomic mass is 9.82. The van der Waals surface area contributed by atoms with Crippen molar-refractivity contribution >= 4 is 86.3 Å². The van der Waals surface area contributed by atoms with E-state index >= 15 is 0 Å². The Kier molecular flexibility index (Phi) is 17.0. The molecule has 17 nitrogen and oxygen atoms in total. The Hall–Kier alpha value is -6.40. The summed E-state index contributed by atoms with van der Waals surface area (Å²) in [5.74, 6) is -0.615. The molecule has 9 rings (SSSR count). The number of imide groups is 1. The molecule has 416 valence electrons. The zero-order chi connectivity index (χ0) is 55.6. The molecule has 4 saturated heterocycles. The van der Waals surface area contributed by atoms with E-state index in [0.29, 0.717) is 60.3 Å². The molecule has 0 radical (unpaired) electrons. The van der Waals surface area contributed by atoms with Gasteiger partial charge in [0.25, 0.3) is 17.7 Å². The highest BCUT2D eigenvalue weighted by molar-refractivity contribution is 8.01. The summed E-state index contributed by atoms with van der Waals surface area (Å²) in [6.45, 7) is 5.69. The summed E-state index contributed by atoms with van der Waals surface area (Å²) in [5, 5.41) is 11.2. The molecule has 6 aliphatic rings. The number of nitrogens with zero attached hydrogens (tertiary/aromatic N) is 3. The van der Waals surface area contributed by atoms with Gasteiger partial charge in [0.1, 0.15) is 30.2 Å². The number of hydrogen-bond acceptors (Lipinski definition) is 11. The molecule has 5 aliphatic heterocycles. The minimum Gasteiger partial charge on any atom is -0.370 e. The molecule has 3 aromatic rings. The number of thiophene rings is 1. The van der Waals surface area contributed by atoms with Crippen LogP contribution in [0.25, 0.3) is 10.1 Å². The molecular formula is C57H68F2N8O9S2. The first-order chi connectivity index (χ1) is 37.2. The highest BCUT2D eigenvalue weighted by atomic mass is 32.2. The molecule has 9 amide bonds. The van der Waals surface area contributed by atoms with Crippen molar-refractivity contribution in [1.29, 1.82) is 0 Å². The third kappa shape index (κ3) is 12.4. The minimum atomic E-state index is -3.07. The molecule has 6 atom stereocenters. The maximum absolute atomic E-state index is 14.7. The second-order valence-corrected chi connectivity index (χ2v) is 25.2. The summed E-state index contributed by atoms with van der Waals surface area (Å²) in [6.07, 6.45) is 8.54. The fraction of sp³-hybridized carbons (Fsp3) is 0.561. The maximum Gasteiger partial charge on any atom is 0.270 e. The number of rotatable bonds is 15. The third-order valence-electron chi connectivity index (χ3n) is 16.4. The Morgan fingerprint density at radius 3 is 2.40 bits per heavy atom. The van der Waals surface area contributed by atoms with Crippen LogP contribution in [0.3, 0.4) is 0 Å². The van der Waals surface area contributed by atoms with Gasteiger partial charge in [0.2, 0.25) is 41.4 Å². The summed E-state index contributed by atoms with van der Waals surface area (Å²) >= 11 is 2.58. The van der Waals surface area contributed by atoms with E-state index in [4.69, 9.17) is 5.73 Å². The first-order valence-electron chi connectivity index (χ1n) is 27.3. The van der Waals surface area contributed by atoms with Gasteiger partial charge in [0, 0.05) is 72.0 Å². The van der Waals surface area contributed by atoms with Gasteiger partial charge in [0.15, 0.2) is 0 Å². The number of amides is 9. The van der Waals surface area contributed by atoms with E-state index in [1.54, 1.807) is 23.1 Å². The maximum atomic E-state index is 14.7. The standard InChI is InChI=1S/C57H68F2N8O9S2/c1-56(2)48(67-46(78-56)18-10-17-40(54(67)75)62-51(72)43-30-35-29-36(57(3,58)59)19-22-42(35)77-43)52(73)61-39(20-23-44(60)68)49(70)64-47(34-13-5-4-6-14-34)55(76)65-27-25-32(26-28-65)11-7-8-12-33-15-9-16-37-38(33)31-66(53(37)74)41-21-24-45(69)63-50(41)71/h9,15-16,19,22,29-30,32,34,39-41,46-48H,4-7,10-11,13-14,17-18,20-21,23-28,31H2,1-3H3,(H2,60,68)(H,61,73)(H,62,72)(H,64,70)(H,63,69,71)/t39-,40-,41?,46+,47-,48+/m0/s1. The molecule has 6 heterocycles. The first-order valence-corrected chi connectivity index (χ1v) is 29.0. The van der Waals surface area contributed by atoms with Crippen LogP contribution in [-0.2, 0) is 46.0 Å². The summed E-state index contributed by atoms with van der Waals surface area (Å²) < 4.78 is 28.0. The van der Waals surface area contributed by atoms with Crippen molar-refractivity contribution in [3.8, 4) is 11.8 Å². The van der Waals surface area contributed by atoms with E-state index in [-0.39, 0.29) is 66.3 Å². The van der Waals surface area contributed by atoms with Crippen LogP contribution in [0, 0.1) is 23.7 Å². The molecule has 21 heteroatoms. The van der Waals surface area contributed by atoms with Gasteiger partial charge >= 0.3 is 0 Å². The average Bonchev–Trinajstić information content (AvgIpc) is 4.07. The summed E-state index contributed by atoms with van der Waals surface area (Å²) in [4.78, 5) is 127. The lowest BCUT2D eigenvalue weighted by molar-refractivity contribution is -0.144. The van der Waals surface area contributed by atoms with Crippen molar-refractivity contribution < 1.29 is 51.9 Å². The van der Waals surface area contributed by atoms with Crippen molar-refractivity contribution in [3.63, 3.8) is 0 Å². The predicted octanol–water partition coefficient (Wildman–Crippen LogP) is 5.99. The Balaban J connectivity index is 0.830. The zero-order valence-corrected chi connectivity index (χ0v) is 45.9. The van der Waals surface area contributed by atoms with Crippen LogP contribution in [0.2, 0.25) is 0 Å². The van der Waals surface area contributed by atoms with Crippen LogP contribution in [-0.4, -0.2) is 121 Å². The Bertz CT molecular complexity index is 2950. The number of carbonyl (C=O) groups excluding carboxylic acids is 9. The van der Waals surface area contributed by atoms with Gasteiger partial charge < -0.3 is 36.4 Å². The molecule has 0 spiro atoms. The molecule has 0 bridgehead atoms. The van der Waals surface area contributed by atoms with Gasteiger partial charge in [-0.1, -0.05) is 43.2 Å². The number of fused-ring (bicyclic) bond motifs is 3. The minimum absolute atomic E-state index is 0.151. The topological polar surface area (TPSA) is 237 Å². The largest absolute Gasteiger partial charge is 0.370 e. The Morgan fingerprint density at radius 2 is 1.68 bits per heavy atom.